The Morgan fingerprint density at radius 2 is 1.73 bits per heavy atom. The molecule has 0 saturated heterocycles. The van der Waals surface area contributed by atoms with E-state index in [-0.39, 0.29) is 6.10 Å². The van der Waals surface area contributed by atoms with Crippen LogP contribution in [-0.2, 0) is 9.53 Å². The lowest BCUT2D eigenvalue weighted by atomic mass is 9.83. The van der Waals surface area contributed by atoms with Crippen molar-refractivity contribution >= 4 is 11.9 Å². The van der Waals surface area contributed by atoms with Crippen molar-refractivity contribution in [3.8, 4) is 11.8 Å². The smallest absolute Gasteiger partial charge is 0.338 e. The molecule has 1 fully saturated rings. The van der Waals surface area contributed by atoms with Crippen LogP contribution in [0.5, 0.6) is 5.75 Å². The van der Waals surface area contributed by atoms with Crippen molar-refractivity contribution in [3.63, 3.8) is 0 Å². The third kappa shape index (κ3) is 5.22. The summed E-state index contributed by atoms with van der Waals surface area (Å²) in [7, 11) is 0. The van der Waals surface area contributed by atoms with Gasteiger partial charge in [0.1, 0.15) is 11.3 Å². The van der Waals surface area contributed by atoms with Gasteiger partial charge in [0.15, 0.2) is 6.10 Å². The van der Waals surface area contributed by atoms with Crippen molar-refractivity contribution in [2.75, 3.05) is 0 Å². The highest BCUT2D eigenvalue weighted by atomic mass is 16.5. The van der Waals surface area contributed by atoms with Crippen LogP contribution >= 0.6 is 0 Å². The van der Waals surface area contributed by atoms with Gasteiger partial charge in [-0.15, -0.1) is 0 Å². The number of esters is 1. The monoisotopic (exact) mass is 358 g/mol. The number of nitrogens with one attached hydrogen (secondary N) is 1. The lowest BCUT2D eigenvalue weighted by Crippen LogP contribution is -2.52. The van der Waals surface area contributed by atoms with Crippen LogP contribution in [0.4, 0.5) is 0 Å². The molecule has 1 aliphatic rings. The van der Waals surface area contributed by atoms with Crippen LogP contribution in [0.1, 0.15) is 63.2 Å². The molecule has 0 spiro atoms. The summed E-state index contributed by atoms with van der Waals surface area (Å²) < 4.78 is 10.8. The maximum absolute atomic E-state index is 12.4. The summed E-state index contributed by atoms with van der Waals surface area (Å²) >= 11 is 0. The number of hydrogen-bond acceptors (Lipinski definition) is 5. The number of nitriles is 1. The minimum atomic E-state index is -0.971. The van der Waals surface area contributed by atoms with Crippen molar-refractivity contribution in [3.05, 3.63) is 29.8 Å². The highest BCUT2D eigenvalue weighted by molar-refractivity contribution is 5.92. The highest BCUT2D eigenvalue weighted by Gasteiger charge is 2.35. The lowest BCUT2D eigenvalue weighted by molar-refractivity contribution is -0.130. The molecule has 1 aromatic carbocycles. The molecule has 1 N–H and O–H groups in total. The Kier molecular flexibility index (Phi) is 6.62. The Hall–Kier alpha value is -2.55. The van der Waals surface area contributed by atoms with Gasteiger partial charge in [0, 0.05) is 0 Å². The minimum absolute atomic E-state index is 0.0452. The van der Waals surface area contributed by atoms with Crippen molar-refractivity contribution in [1.82, 2.24) is 5.32 Å². The van der Waals surface area contributed by atoms with Crippen LogP contribution < -0.4 is 10.1 Å². The van der Waals surface area contributed by atoms with E-state index < -0.39 is 23.5 Å². The van der Waals surface area contributed by atoms with E-state index in [1.165, 1.54) is 6.92 Å². The summed E-state index contributed by atoms with van der Waals surface area (Å²) in [5.41, 5.74) is -0.500. The molecule has 2 rings (SSSR count). The minimum Gasteiger partial charge on any atom is -0.491 e. The third-order valence-electron chi connectivity index (χ3n) is 4.40. The summed E-state index contributed by atoms with van der Waals surface area (Å²) in [6.07, 6.45) is 3.23. The van der Waals surface area contributed by atoms with E-state index in [2.05, 4.69) is 11.4 Å². The second-order valence-electron chi connectivity index (χ2n) is 6.98. The molecule has 0 heterocycles. The molecule has 0 radical (unpaired) electrons. The van der Waals surface area contributed by atoms with Gasteiger partial charge < -0.3 is 14.8 Å². The predicted octanol–water partition coefficient (Wildman–Crippen LogP) is 3.36. The molecule has 140 valence electrons. The summed E-state index contributed by atoms with van der Waals surface area (Å²) in [6.45, 7) is 5.35. The zero-order valence-electron chi connectivity index (χ0n) is 15.6. The first-order valence-electron chi connectivity index (χ1n) is 9.06. The number of benzene rings is 1. The number of ether oxygens (including phenoxy) is 2. The number of nitrogens with zero attached hydrogens (tertiary/aromatic N) is 1. The molecule has 1 amide bonds. The number of amides is 1. The van der Waals surface area contributed by atoms with Crippen molar-refractivity contribution < 1.29 is 19.1 Å². The molecule has 6 nitrogen and oxygen atoms in total. The molecular weight excluding hydrogens is 332 g/mol. The number of carbonyl (C=O) groups is 2. The van der Waals surface area contributed by atoms with Crippen LogP contribution in [0.25, 0.3) is 0 Å². The largest absolute Gasteiger partial charge is 0.491 e. The highest BCUT2D eigenvalue weighted by Crippen LogP contribution is 2.27. The third-order valence-corrected chi connectivity index (χ3v) is 4.40. The molecule has 26 heavy (non-hydrogen) atoms. The SMILES string of the molecule is CC(C)Oc1ccc(C(=O)O[C@H](C)C(=O)NC2(C#N)CCCCC2)cc1. The van der Waals surface area contributed by atoms with Crippen molar-refractivity contribution in [1.29, 1.82) is 5.26 Å². The first-order chi connectivity index (χ1) is 12.3. The maximum atomic E-state index is 12.4. The first kappa shape index (κ1) is 19.8. The molecular formula is C20H26N2O4. The second kappa shape index (κ2) is 8.70. The fraction of sp³-hybridized carbons (Fsp3) is 0.550. The van der Waals surface area contributed by atoms with Gasteiger partial charge in [-0.3, -0.25) is 4.79 Å². The Morgan fingerprint density at radius 1 is 1.12 bits per heavy atom. The molecule has 1 saturated carbocycles. The average Bonchev–Trinajstić information content (AvgIpc) is 2.62. The van der Waals surface area contributed by atoms with E-state index in [0.29, 0.717) is 24.2 Å². The molecule has 6 heteroatoms. The maximum Gasteiger partial charge on any atom is 0.338 e. The first-order valence-corrected chi connectivity index (χ1v) is 9.06. The van der Waals surface area contributed by atoms with E-state index in [4.69, 9.17) is 9.47 Å². The second-order valence-corrected chi connectivity index (χ2v) is 6.98. The van der Waals surface area contributed by atoms with E-state index in [9.17, 15) is 14.9 Å². The van der Waals surface area contributed by atoms with E-state index in [0.717, 1.165) is 19.3 Å². The van der Waals surface area contributed by atoms with Gasteiger partial charge in [0.2, 0.25) is 0 Å². The molecule has 1 aliphatic carbocycles. The zero-order valence-corrected chi connectivity index (χ0v) is 15.6. The summed E-state index contributed by atoms with van der Waals surface area (Å²) in [6, 6.07) is 8.80. The van der Waals surface area contributed by atoms with Gasteiger partial charge in [-0.05, 0) is 57.9 Å². The quantitative estimate of drug-likeness (QED) is 0.788. The number of hydrogen-bond donors (Lipinski definition) is 1. The summed E-state index contributed by atoms with van der Waals surface area (Å²) in [5.74, 6) is -0.365. The number of rotatable bonds is 6. The Balaban J connectivity index is 1.93. The topological polar surface area (TPSA) is 88.4 Å². The molecule has 0 aromatic heterocycles. The molecule has 0 unspecified atom stereocenters. The van der Waals surface area contributed by atoms with Gasteiger partial charge in [0.05, 0.1) is 17.7 Å². The van der Waals surface area contributed by atoms with E-state index >= 15 is 0 Å². The summed E-state index contributed by atoms with van der Waals surface area (Å²) in [4.78, 5) is 24.6. The predicted molar refractivity (Wildman–Crippen MR) is 96.7 cm³/mol. The Labute approximate surface area is 154 Å². The van der Waals surface area contributed by atoms with Crippen LogP contribution in [0.2, 0.25) is 0 Å². The molecule has 1 atom stereocenters. The van der Waals surface area contributed by atoms with Crippen molar-refractivity contribution in [2.45, 2.75) is 70.6 Å². The van der Waals surface area contributed by atoms with Crippen LogP contribution in [0, 0.1) is 11.3 Å². The molecule has 1 aromatic rings. The fourth-order valence-corrected chi connectivity index (χ4v) is 2.98. The summed E-state index contributed by atoms with van der Waals surface area (Å²) in [5, 5.41) is 12.2. The Bertz CT molecular complexity index is 670. The van der Waals surface area contributed by atoms with Crippen molar-refractivity contribution in [2.24, 2.45) is 0 Å². The zero-order chi connectivity index (χ0) is 19.2. The van der Waals surface area contributed by atoms with Crippen LogP contribution in [-0.4, -0.2) is 29.6 Å². The van der Waals surface area contributed by atoms with Gasteiger partial charge in [-0.25, -0.2) is 4.79 Å². The van der Waals surface area contributed by atoms with Gasteiger partial charge >= 0.3 is 5.97 Å². The number of carbonyl (C=O) groups excluding carboxylic acids is 2. The normalized spacial score (nSPS) is 17.0. The van der Waals surface area contributed by atoms with E-state index in [1.54, 1.807) is 24.3 Å². The standard InChI is InChI=1S/C20H26N2O4/c1-14(2)25-17-9-7-16(8-10-17)19(24)26-15(3)18(23)22-20(13-21)11-5-4-6-12-20/h7-10,14-15H,4-6,11-12H2,1-3H3,(H,22,23)/t15-/m1/s1. The van der Waals surface area contributed by atoms with Gasteiger partial charge in [0.25, 0.3) is 5.91 Å². The van der Waals surface area contributed by atoms with Crippen LogP contribution in [0.3, 0.4) is 0 Å². The van der Waals surface area contributed by atoms with Crippen LogP contribution in [0.15, 0.2) is 24.3 Å². The van der Waals surface area contributed by atoms with Gasteiger partial charge in [-0.1, -0.05) is 19.3 Å². The molecule has 0 aliphatic heterocycles. The molecule has 0 bridgehead atoms. The van der Waals surface area contributed by atoms with E-state index in [1.807, 2.05) is 13.8 Å². The average molecular weight is 358 g/mol. The lowest BCUT2D eigenvalue weighted by Gasteiger charge is -2.32. The Morgan fingerprint density at radius 3 is 2.27 bits per heavy atom. The van der Waals surface area contributed by atoms with Gasteiger partial charge in [-0.2, -0.15) is 5.26 Å². The fourth-order valence-electron chi connectivity index (χ4n) is 2.98.